The van der Waals surface area contributed by atoms with E-state index in [0.29, 0.717) is 22.7 Å². The van der Waals surface area contributed by atoms with Crippen molar-refractivity contribution in [3.05, 3.63) is 88.9 Å². The van der Waals surface area contributed by atoms with E-state index in [1.165, 1.54) is 32.4 Å². The van der Waals surface area contributed by atoms with E-state index in [4.69, 9.17) is 9.47 Å². The molecule has 0 bridgehead atoms. The first-order valence-electron chi connectivity index (χ1n) is 10.3. The quantitative estimate of drug-likeness (QED) is 0.548. The van der Waals surface area contributed by atoms with Gasteiger partial charge in [0, 0.05) is 6.07 Å². The fourth-order valence-electron chi connectivity index (χ4n) is 3.71. The number of para-hydroxylation sites is 1. The molecule has 0 atom stereocenters. The third-order valence-corrected chi connectivity index (χ3v) is 5.64. The molecule has 6 nitrogen and oxygen atoms in total. The van der Waals surface area contributed by atoms with Crippen LogP contribution in [0, 0.1) is 19.7 Å². The number of ether oxygens (including phenoxy) is 2. The number of hydrogen-bond acceptors (Lipinski definition) is 5. The Balaban J connectivity index is 1.89. The molecule has 1 aliphatic heterocycles. The molecule has 1 N–H and O–H groups in total. The van der Waals surface area contributed by atoms with E-state index in [9.17, 15) is 14.0 Å². The summed E-state index contributed by atoms with van der Waals surface area (Å²) in [5, 5.41) is 3.06. The van der Waals surface area contributed by atoms with Crippen molar-refractivity contribution in [2.45, 2.75) is 13.8 Å². The van der Waals surface area contributed by atoms with Crippen molar-refractivity contribution in [3.8, 4) is 11.5 Å². The number of carbonyl (C=O) groups excluding carboxylic acids is 2. The van der Waals surface area contributed by atoms with Gasteiger partial charge in [0.1, 0.15) is 23.0 Å². The van der Waals surface area contributed by atoms with E-state index in [2.05, 4.69) is 5.32 Å². The van der Waals surface area contributed by atoms with Crippen LogP contribution in [0.3, 0.4) is 0 Å². The molecule has 7 heteroatoms. The van der Waals surface area contributed by atoms with E-state index < -0.39 is 17.6 Å². The Labute approximate surface area is 191 Å². The number of imide groups is 1. The fraction of sp³-hybridized carbons (Fsp3) is 0.154. The van der Waals surface area contributed by atoms with Crippen LogP contribution in [0.1, 0.15) is 16.7 Å². The first kappa shape index (κ1) is 22.1. The molecule has 0 spiro atoms. The second-order valence-electron chi connectivity index (χ2n) is 7.64. The van der Waals surface area contributed by atoms with E-state index in [1.807, 2.05) is 26.0 Å². The average molecular weight is 446 g/mol. The summed E-state index contributed by atoms with van der Waals surface area (Å²) in [6.45, 7) is 3.88. The van der Waals surface area contributed by atoms with E-state index in [0.717, 1.165) is 16.0 Å². The van der Waals surface area contributed by atoms with E-state index >= 15 is 0 Å². The fourth-order valence-corrected chi connectivity index (χ4v) is 3.71. The maximum atomic E-state index is 14.6. The Hall–Kier alpha value is -4.13. The van der Waals surface area contributed by atoms with Gasteiger partial charge in [-0.15, -0.1) is 0 Å². The van der Waals surface area contributed by atoms with Crippen molar-refractivity contribution in [2.75, 3.05) is 24.4 Å². The lowest BCUT2D eigenvalue weighted by molar-refractivity contribution is -0.120. The van der Waals surface area contributed by atoms with Crippen LogP contribution in [0.2, 0.25) is 0 Å². The second kappa shape index (κ2) is 8.78. The van der Waals surface area contributed by atoms with E-state index in [-0.39, 0.29) is 17.0 Å². The lowest BCUT2D eigenvalue weighted by atomic mass is 9.99. The maximum Gasteiger partial charge on any atom is 0.282 e. The molecule has 168 valence electrons. The van der Waals surface area contributed by atoms with Crippen LogP contribution in [0.5, 0.6) is 11.5 Å². The highest BCUT2D eigenvalue weighted by Gasteiger charge is 2.41. The number of aryl methyl sites for hydroxylation is 2. The topological polar surface area (TPSA) is 67.9 Å². The summed E-state index contributed by atoms with van der Waals surface area (Å²) in [5.74, 6) is -0.957. The molecule has 0 aromatic heterocycles. The van der Waals surface area contributed by atoms with Crippen LogP contribution < -0.4 is 19.7 Å². The van der Waals surface area contributed by atoms with Crippen molar-refractivity contribution in [2.24, 2.45) is 0 Å². The normalized spacial score (nSPS) is 13.5. The van der Waals surface area contributed by atoms with Gasteiger partial charge in [0.05, 0.1) is 31.2 Å². The molecule has 2 amide bonds. The van der Waals surface area contributed by atoms with Crippen molar-refractivity contribution in [1.82, 2.24) is 0 Å². The number of amides is 2. The summed E-state index contributed by atoms with van der Waals surface area (Å²) in [7, 11) is 3.02. The van der Waals surface area contributed by atoms with Crippen LogP contribution >= 0.6 is 0 Å². The Bertz CT molecular complexity index is 1300. The van der Waals surface area contributed by atoms with Gasteiger partial charge in [-0.2, -0.15) is 0 Å². The summed E-state index contributed by atoms with van der Waals surface area (Å²) in [6.07, 6.45) is 0. The molecule has 0 unspecified atom stereocenters. The highest BCUT2D eigenvalue weighted by atomic mass is 19.1. The third kappa shape index (κ3) is 3.93. The zero-order valence-corrected chi connectivity index (χ0v) is 18.7. The molecule has 4 rings (SSSR count). The molecule has 0 aliphatic carbocycles. The van der Waals surface area contributed by atoms with Crippen molar-refractivity contribution in [3.63, 3.8) is 0 Å². The molecule has 1 aliphatic rings. The maximum absolute atomic E-state index is 14.6. The summed E-state index contributed by atoms with van der Waals surface area (Å²) in [4.78, 5) is 27.9. The van der Waals surface area contributed by atoms with Crippen LogP contribution in [0.4, 0.5) is 15.8 Å². The van der Waals surface area contributed by atoms with E-state index in [1.54, 1.807) is 30.3 Å². The first-order valence-corrected chi connectivity index (χ1v) is 10.3. The molecule has 33 heavy (non-hydrogen) atoms. The van der Waals surface area contributed by atoms with Gasteiger partial charge in [0.2, 0.25) is 0 Å². The summed E-state index contributed by atoms with van der Waals surface area (Å²) >= 11 is 0. The van der Waals surface area contributed by atoms with Gasteiger partial charge in [-0.3, -0.25) is 9.59 Å². The number of carbonyl (C=O) groups is 2. The number of nitrogens with zero attached hydrogens (tertiary/aromatic N) is 1. The Morgan fingerprint density at radius 3 is 2.27 bits per heavy atom. The van der Waals surface area contributed by atoms with Crippen molar-refractivity contribution < 1.29 is 23.5 Å². The minimum Gasteiger partial charge on any atom is -0.497 e. The van der Waals surface area contributed by atoms with Crippen LogP contribution in [-0.2, 0) is 9.59 Å². The zero-order chi connectivity index (χ0) is 23.7. The summed E-state index contributed by atoms with van der Waals surface area (Å²) in [6, 6.07) is 16.2. The minimum absolute atomic E-state index is 0.0260. The predicted octanol–water partition coefficient (Wildman–Crippen LogP) is 4.86. The second-order valence-corrected chi connectivity index (χ2v) is 7.64. The molecular formula is C26H23FN2O4. The van der Waals surface area contributed by atoms with Crippen molar-refractivity contribution in [1.29, 1.82) is 0 Å². The van der Waals surface area contributed by atoms with Gasteiger partial charge in [-0.25, -0.2) is 9.29 Å². The predicted molar refractivity (Wildman–Crippen MR) is 125 cm³/mol. The molecule has 0 fully saturated rings. The van der Waals surface area contributed by atoms with Gasteiger partial charge in [0.25, 0.3) is 11.8 Å². The molecular weight excluding hydrogens is 423 g/mol. The molecule has 0 saturated carbocycles. The standard InChI is InChI=1S/C26H23FN2O4/c1-15-9-10-17(13-16(15)2)23-24(28-20-14-18(32-3)11-12-22(20)33-4)26(31)29(25(23)30)21-8-6-5-7-19(21)27/h5-14,28H,1-4H3. The summed E-state index contributed by atoms with van der Waals surface area (Å²) in [5.41, 5.74) is 3.07. The molecule has 3 aromatic rings. The van der Waals surface area contributed by atoms with Gasteiger partial charge in [0.15, 0.2) is 0 Å². The monoisotopic (exact) mass is 446 g/mol. The molecule has 3 aromatic carbocycles. The lowest BCUT2D eigenvalue weighted by Gasteiger charge is -2.16. The highest BCUT2D eigenvalue weighted by Crippen LogP contribution is 2.37. The molecule has 0 saturated heterocycles. The largest absolute Gasteiger partial charge is 0.497 e. The van der Waals surface area contributed by atoms with Gasteiger partial charge in [-0.05, 0) is 54.8 Å². The number of nitrogens with one attached hydrogen (secondary N) is 1. The van der Waals surface area contributed by atoms with Gasteiger partial charge >= 0.3 is 0 Å². The Morgan fingerprint density at radius 1 is 0.848 bits per heavy atom. The average Bonchev–Trinajstić information content (AvgIpc) is 3.05. The van der Waals surface area contributed by atoms with Crippen molar-refractivity contribution >= 4 is 28.8 Å². The van der Waals surface area contributed by atoms with Crippen LogP contribution in [-0.4, -0.2) is 26.0 Å². The number of halogens is 1. The van der Waals surface area contributed by atoms with Crippen LogP contribution in [0.15, 0.2) is 66.4 Å². The Morgan fingerprint density at radius 2 is 1.61 bits per heavy atom. The third-order valence-electron chi connectivity index (χ3n) is 5.64. The van der Waals surface area contributed by atoms with Crippen LogP contribution in [0.25, 0.3) is 5.57 Å². The van der Waals surface area contributed by atoms with Gasteiger partial charge in [-0.1, -0.05) is 30.3 Å². The molecule has 0 radical (unpaired) electrons. The number of hydrogen-bond donors (Lipinski definition) is 1. The smallest absolute Gasteiger partial charge is 0.282 e. The number of benzene rings is 3. The molecule has 1 heterocycles. The first-order chi connectivity index (χ1) is 15.8. The number of rotatable bonds is 6. The summed E-state index contributed by atoms with van der Waals surface area (Å²) < 4.78 is 25.3. The Kier molecular flexibility index (Phi) is 5.87. The van der Waals surface area contributed by atoms with Gasteiger partial charge < -0.3 is 14.8 Å². The SMILES string of the molecule is COc1ccc(OC)c(NC2=C(c3ccc(C)c(C)c3)C(=O)N(c3ccccc3F)C2=O)c1. The lowest BCUT2D eigenvalue weighted by Crippen LogP contribution is -2.33. The minimum atomic E-state index is -0.668. The highest BCUT2D eigenvalue weighted by molar-refractivity contribution is 6.46. The zero-order valence-electron chi connectivity index (χ0n) is 18.7. The number of methoxy groups -OCH3 is 2. The number of anilines is 2.